The Hall–Kier alpha value is -0.760. The summed E-state index contributed by atoms with van der Waals surface area (Å²) in [5, 5.41) is 10.6. The predicted octanol–water partition coefficient (Wildman–Crippen LogP) is 2.66. The minimum atomic E-state index is -3.11. The smallest absolute Gasteiger partial charge is 0.422 e. The fourth-order valence-corrected chi connectivity index (χ4v) is 5.00. The molecular formula is C14H23F2NO4S. The van der Waals surface area contributed by atoms with Crippen molar-refractivity contribution < 1.29 is 27.6 Å². The number of amides is 1. The molecule has 0 bridgehead atoms. The number of hydrogen-bond donors (Lipinski definition) is 1. The normalized spacial score (nSPS) is 41.2. The first-order valence-corrected chi connectivity index (χ1v) is 8.44. The molecule has 1 aliphatic heterocycles. The van der Waals surface area contributed by atoms with Crippen LogP contribution >= 0.6 is 0 Å². The number of alkyl halides is 2. The summed E-state index contributed by atoms with van der Waals surface area (Å²) in [5.41, 5.74) is -0.797. The van der Waals surface area contributed by atoms with Crippen LogP contribution in [0.15, 0.2) is 0 Å². The van der Waals surface area contributed by atoms with E-state index in [1.54, 1.807) is 27.7 Å². The van der Waals surface area contributed by atoms with E-state index < -0.39 is 57.8 Å². The molecule has 2 rings (SSSR count). The van der Waals surface area contributed by atoms with Gasteiger partial charge in [0, 0.05) is 11.8 Å². The van der Waals surface area contributed by atoms with E-state index in [4.69, 9.17) is 4.74 Å². The molecule has 0 radical (unpaired) electrons. The lowest BCUT2D eigenvalue weighted by Gasteiger charge is -2.41. The largest absolute Gasteiger partial charge is 0.443 e. The Bertz CT molecular complexity index is 508. The Morgan fingerprint density at radius 2 is 1.91 bits per heavy atom. The van der Waals surface area contributed by atoms with Crippen molar-refractivity contribution in [2.45, 2.75) is 70.0 Å². The lowest BCUT2D eigenvalue weighted by atomic mass is 9.74. The van der Waals surface area contributed by atoms with Gasteiger partial charge in [0.2, 0.25) is 0 Å². The lowest BCUT2D eigenvalue weighted by molar-refractivity contribution is -0.147. The van der Waals surface area contributed by atoms with Crippen LogP contribution in [0.2, 0.25) is 0 Å². The summed E-state index contributed by atoms with van der Waals surface area (Å²) >= 11 is 0. The summed E-state index contributed by atoms with van der Waals surface area (Å²) < 4.78 is 46.5. The van der Waals surface area contributed by atoms with E-state index in [0.29, 0.717) is 0 Å². The average molecular weight is 339 g/mol. The average Bonchev–Trinajstić information content (AvgIpc) is 2.47. The molecule has 2 aliphatic rings. The summed E-state index contributed by atoms with van der Waals surface area (Å²) in [6.07, 6.45) is -1.74. The third kappa shape index (κ3) is 2.75. The highest BCUT2D eigenvalue weighted by atomic mass is 32.2. The van der Waals surface area contributed by atoms with Crippen molar-refractivity contribution in [3.63, 3.8) is 0 Å². The Balaban J connectivity index is 2.31. The first kappa shape index (κ1) is 17.6. The van der Waals surface area contributed by atoms with Gasteiger partial charge in [-0.25, -0.2) is 22.1 Å². The fraction of sp³-hybridized carbons (Fsp3) is 0.929. The SMILES string of the molecule is CC1C2CC(C)C(F)(F)CC2(O)S(=O)N1C(=O)OC(C)(C)C. The summed E-state index contributed by atoms with van der Waals surface area (Å²) in [6.45, 7) is 8.00. The van der Waals surface area contributed by atoms with Gasteiger partial charge in [0.15, 0.2) is 15.9 Å². The molecule has 2 fully saturated rings. The van der Waals surface area contributed by atoms with Gasteiger partial charge in [-0.2, -0.15) is 0 Å². The molecular weight excluding hydrogens is 316 g/mol. The third-order valence-corrected chi connectivity index (χ3v) is 6.29. The monoisotopic (exact) mass is 339 g/mol. The van der Waals surface area contributed by atoms with Gasteiger partial charge in [-0.3, -0.25) is 0 Å². The van der Waals surface area contributed by atoms with Crippen molar-refractivity contribution in [2.75, 3.05) is 0 Å². The highest BCUT2D eigenvalue weighted by molar-refractivity contribution is 7.84. The molecule has 1 amide bonds. The van der Waals surface area contributed by atoms with Crippen LogP contribution in [0.5, 0.6) is 0 Å². The number of hydrogen-bond acceptors (Lipinski definition) is 4. The van der Waals surface area contributed by atoms with Crippen molar-refractivity contribution in [1.82, 2.24) is 4.31 Å². The fourth-order valence-electron chi connectivity index (χ4n) is 3.17. The molecule has 5 unspecified atom stereocenters. The number of rotatable bonds is 0. The molecule has 128 valence electrons. The number of nitrogens with zero attached hydrogens (tertiary/aromatic N) is 1. The van der Waals surface area contributed by atoms with E-state index >= 15 is 0 Å². The molecule has 0 spiro atoms. The van der Waals surface area contributed by atoms with Crippen LogP contribution in [0.3, 0.4) is 0 Å². The highest BCUT2D eigenvalue weighted by Crippen LogP contribution is 2.53. The Labute approximate surface area is 131 Å². The van der Waals surface area contributed by atoms with Crippen LogP contribution in [0.25, 0.3) is 0 Å². The Morgan fingerprint density at radius 3 is 2.41 bits per heavy atom. The second-order valence-electron chi connectivity index (χ2n) is 7.32. The molecule has 1 saturated carbocycles. The molecule has 1 heterocycles. The van der Waals surface area contributed by atoms with Gasteiger partial charge in [0.05, 0.1) is 12.5 Å². The van der Waals surface area contributed by atoms with Crippen molar-refractivity contribution in [1.29, 1.82) is 0 Å². The van der Waals surface area contributed by atoms with Crippen LogP contribution in [0.1, 0.15) is 47.5 Å². The number of carbonyl (C=O) groups is 1. The molecule has 1 N–H and O–H groups in total. The van der Waals surface area contributed by atoms with Crippen molar-refractivity contribution in [2.24, 2.45) is 11.8 Å². The minimum absolute atomic E-state index is 0.00963. The van der Waals surface area contributed by atoms with E-state index in [1.165, 1.54) is 6.92 Å². The lowest BCUT2D eigenvalue weighted by Crippen LogP contribution is -2.52. The third-order valence-electron chi connectivity index (χ3n) is 4.40. The summed E-state index contributed by atoms with van der Waals surface area (Å²) in [5.74, 6) is -4.70. The second-order valence-corrected chi connectivity index (χ2v) is 8.92. The second kappa shape index (κ2) is 5.12. The molecule has 5 atom stereocenters. The molecule has 22 heavy (non-hydrogen) atoms. The summed E-state index contributed by atoms with van der Waals surface area (Å²) in [4.78, 5) is 10.1. The molecule has 1 saturated heterocycles. The van der Waals surface area contributed by atoms with Crippen molar-refractivity contribution in [3.8, 4) is 0 Å². The number of ether oxygens (including phenoxy) is 1. The zero-order valence-electron chi connectivity index (χ0n) is 13.4. The van der Waals surface area contributed by atoms with Gasteiger partial charge in [0.1, 0.15) is 5.60 Å². The van der Waals surface area contributed by atoms with Gasteiger partial charge >= 0.3 is 6.09 Å². The molecule has 5 nitrogen and oxygen atoms in total. The molecule has 0 aromatic carbocycles. The Kier molecular flexibility index (Phi) is 4.10. The quantitative estimate of drug-likeness (QED) is 0.737. The standard InChI is InChI=1S/C14H23F2NO4S/c1-8-6-10-9(2)17(11(18)21-12(3,4)5)22(20)14(10,19)7-13(8,15)16/h8-10,19H,6-7H2,1-5H3. The first-order chi connectivity index (χ1) is 9.79. The van der Waals surface area contributed by atoms with E-state index in [9.17, 15) is 22.9 Å². The number of aliphatic hydroxyl groups is 1. The van der Waals surface area contributed by atoms with E-state index in [-0.39, 0.29) is 6.42 Å². The number of fused-ring (bicyclic) bond motifs is 1. The zero-order valence-corrected chi connectivity index (χ0v) is 14.2. The van der Waals surface area contributed by atoms with Crippen LogP contribution in [-0.4, -0.2) is 42.2 Å². The maximum Gasteiger partial charge on any atom is 0.422 e. The van der Waals surface area contributed by atoms with Gasteiger partial charge in [0.25, 0.3) is 5.92 Å². The molecule has 0 aromatic heterocycles. The van der Waals surface area contributed by atoms with Gasteiger partial charge < -0.3 is 9.84 Å². The molecule has 0 aromatic rings. The van der Waals surface area contributed by atoms with Gasteiger partial charge in [-0.15, -0.1) is 0 Å². The van der Waals surface area contributed by atoms with Crippen LogP contribution < -0.4 is 0 Å². The van der Waals surface area contributed by atoms with Crippen LogP contribution in [0.4, 0.5) is 13.6 Å². The number of halogens is 2. The Morgan fingerprint density at radius 1 is 1.36 bits per heavy atom. The highest BCUT2D eigenvalue weighted by Gasteiger charge is 2.66. The zero-order chi connectivity index (χ0) is 17.1. The minimum Gasteiger partial charge on any atom is -0.443 e. The van der Waals surface area contributed by atoms with E-state index in [1.807, 2.05) is 0 Å². The van der Waals surface area contributed by atoms with Crippen molar-refractivity contribution in [3.05, 3.63) is 0 Å². The van der Waals surface area contributed by atoms with Gasteiger partial charge in [-0.05, 0) is 34.1 Å². The summed E-state index contributed by atoms with van der Waals surface area (Å²) in [7, 11) is -2.26. The maximum atomic E-state index is 14.0. The summed E-state index contributed by atoms with van der Waals surface area (Å²) in [6, 6.07) is -0.626. The van der Waals surface area contributed by atoms with E-state index in [2.05, 4.69) is 0 Å². The van der Waals surface area contributed by atoms with Crippen LogP contribution in [0, 0.1) is 11.8 Å². The molecule has 8 heteroatoms. The van der Waals surface area contributed by atoms with Gasteiger partial charge in [-0.1, -0.05) is 6.92 Å². The van der Waals surface area contributed by atoms with Crippen molar-refractivity contribution >= 4 is 17.1 Å². The maximum absolute atomic E-state index is 14.0. The molecule has 1 aliphatic carbocycles. The van der Waals surface area contributed by atoms with Crippen LogP contribution in [-0.2, 0) is 15.7 Å². The van der Waals surface area contributed by atoms with E-state index in [0.717, 1.165) is 4.31 Å². The topological polar surface area (TPSA) is 66.8 Å². The first-order valence-electron chi connectivity index (χ1n) is 7.34. The predicted molar refractivity (Wildman–Crippen MR) is 77.5 cm³/mol. The number of carbonyl (C=O) groups excluding carboxylic acids is 1.